The summed E-state index contributed by atoms with van der Waals surface area (Å²) < 4.78 is 0. The van der Waals surface area contributed by atoms with Gasteiger partial charge in [0, 0.05) is 26.2 Å². The van der Waals surface area contributed by atoms with E-state index in [1.807, 2.05) is 0 Å². The molecule has 0 saturated carbocycles. The summed E-state index contributed by atoms with van der Waals surface area (Å²) in [6.45, 7) is 10.2. The molecule has 1 aliphatic heterocycles. The monoisotopic (exact) mass is 257 g/mol. The molecule has 0 aromatic heterocycles. The fourth-order valence-electron chi connectivity index (χ4n) is 2.52. The second-order valence-corrected chi connectivity index (χ2v) is 5.38. The lowest BCUT2D eigenvalue weighted by atomic mass is 10.1. The van der Waals surface area contributed by atoms with Crippen molar-refractivity contribution in [3.8, 4) is 0 Å². The van der Waals surface area contributed by atoms with Gasteiger partial charge in [-0.15, -0.1) is 0 Å². The first-order valence-electron chi connectivity index (χ1n) is 6.94. The van der Waals surface area contributed by atoms with E-state index in [2.05, 4.69) is 23.6 Å². The Morgan fingerprint density at radius 3 is 2.29 bits per heavy atom. The van der Waals surface area contributed by atoms with Crippen molar-refractivity contribution in [3.05, 3.63) is 0 Å². The van der Waals surface area contributed by atoms with Gasteiger partial charge in [0.15, 0.2) is 0 Å². The molecule has 3 nitrogen and oxygen atoms in total. The maximum atomic E-state index is 5.79. The molecule has 0 spiro atoms. The van der Waals surface area contributed by atoms with Crippen molar-refractivity contribution in [2.45, 2.75) is 45.6 Å². The number of hydrogen-bond donors (Lipinski definition) is 1. The maximum Gasteiger partial charge on any atom is 0.0901 e. The lowest BCUT2D eigenvalue weighted by molar-refractivity contribution is 0.115. The van der Waals surface area contributed by atoms with E-state index >= 15 is 0 Å². The summed E-state index contributed by atoms with van der Waals surface area (Å²) in [6, 6.07) is 0.308. The first-order chi connectivity index (χ1) is 8.19. The van der Waals surface area contributed by atoms with Crippen LogP contribution in [0.1, 0.15) is 39.5 Å². The fourth-order valence-corrected chi connectivity index (χ4v) is 2.84. The summed E-state index contributed by atoms with van der Waals surface area (Å²) in [6.07, 6.45) is 5.03. The Bertz CT molecular complexity index is 225. The molecular formula is C13H27N3S. The lowest BCUT2D eigenvalue weighted by Crippen LogP contribution is -2.53. The highest BCUT2D eigenvalue weighted by Gasteiger charge is 2.23. The zero-order valence-electron chi connectivity index (χ0n) is 11.3. The molecule has 1 rings (SSSR count). The average Bonchev–Trinajstić information content (AvgIpc) is 2.32. The van der Waals surface area contributed by atoms with Crippen LogP contribution in [0.25, 0.3) is 0 Å². The summed E-state index contributed by atoms with van der Waals surface area (Å²) in [5.41, 5.74) is 5.79. The molecule has 1 heterocycles. The Balaban J connectivity index is 2.27. The summed E-state index contributed by atoms with van der Waals surface area (Å²) in [5.74, 6) is 0. The van der Waals surface area contributed by atoms with E-state index in [1.165, 1.54) is 38.9 Å². The van der Waals surface area contributed by atoms with Crippen LogP contribution in [-0.2, 0) is 0 Å². The minimum absolute atomic E-state index is 0.308. The molecular weight excluding hydrogens is 230 g/mol. The van der Waals surface area contributed by atoms with Gasteiger partial charge in [0.1, 0.15) is 0 Å². The number of unbranched alkanes of at least 4 members (excludes halogenated alkanes) is 2. The van der Waals surface area contributed by atoms with E-state index in [4.69, 9.17) is 18.0 Å². The van der Waals surface area contributed by atoms with Crippen molar-refractivity contribution >= 4 is 17.2 Å². The van der Waals surface area contributed by atoms with Crippen LogP contribution in [0.2, 0.25) is 0 Å². The molecule has 0 radical (unpaired) electrons. The Hall–Kier alpha value is -0.190. The second kappa shape index (κ2) is 8.01. The quantitative estimate of drug-likeness (QED) is 0.557. The maximum absolute atomic E-state index is 5.79. The Kier molecular flexibility index (Phi) is 7.00. The van der Waals surface area contributed by atoms with Crippen LogP contribution >= 0.6 is 12.2 Å². The standard InChI is InChI=1S/C13H27N3S/c1-3-5-6-7-15-8-10-16(11-9-15)12(4-2)13(14)17/h12H,3-11H2,1-2H3,(H2,14,17). The highest BCUT2D eigenvalue weighted by molar-refractivity contribution is 7.80. The van der Waals surface area contributed by atoms with Gasteiger partial charge in [-0.25, -0.2) is 0 Å². The van der Waals surface area contributed by atoms with Gasteiger partial charge in [0.25, 0.3) is 0 Å². The minimum Gasteiger partial charge on any atom is -0.392 e. The molecule has 17 heavy (non-hydrogen) atoms. The van der Waals surface area contributed by atoms with Gasteiger partial charge in [-0.3, -0.25) is 4.90 Å². The van der Waals surface area contributed by atoms with Crippen LogP contribution in [-0.4, -0.2) is 53.6 Å². The van der Waals surface area contributed by atoms with Gasteiger partial charge in [-0.2, -0.15) is 0 Å². The first kappa shape index (κ1) is 14.9. The van der Waals surface area contributed by atoms with Gasteiger partial charge in [0.2, 0.25) is 0 Å². The largest absolute Gasteiger partial charge is 0.392 e. The molecule has 1 aliphatic rings. The molecule has 1 unspecified atom stereocenters. The van der Waals surface area contributed by atoms with Crippen molar-refractivity contribution in [1.29, 1.82) is 0 Å². The highest BCUT2D eigenvalue weighted by atomic mass is 32.1. The number of piperazine rings is 1. The predicted molar refractivity (Wildman–Crippen MR) is 78.4 cm³/mol. The fraction of sp³-hybridized carbons (Fsp3) is 0.923. The molecule has 0 aromatic rings. The third-order valence-electron chi connectivity index (χ3n) is 3.64. The third-order valence-corrected chi connectivity index (χ3v) is 3.91. The number of hydrogen-bond acceptors (Lipinski definition) is 3. The first-order valence-corrected chi connectivity index (χ1v) is 7.35. The topological polar surface area (TPSA) is 32.5 Å². The second-order valence-electron chi connectivity index (χ2n) is 4.91. The molecule has 0 aromatic carbocycles. The van der Waals surface area contributed by atoms with Gasteiger partial charge < -0.3 is 10.6 Å². The van der Waals surface area contributed by atoms with E-state index in [-0.39, 0.29) is 0 Å². The molecule has 0 bridgehead atoms. The number of nitrogens with zero attached hydrogens (tertiary/aromatic N) is 2. The van der Waals surface area contributed by atoms with Crippen LogP contribution in [0.3, 0.4) is 0 Å². The van der Waals surface area contributed by atoms with E-state index in [9.17, 15) is 0 Å². The summed E-state index contributed by atoms with van der Waals surface area (Å²) in [5, 5.41) is 0. The molecule has 1 saturated heterocycles. The Labute approximate surface area is 111 Å². The van der Waals surface area contributed by atoms with E-state index in [0.717, 1.165) is 19.5 Å². The summed E-state index contributed by atoms with van der Waals surface area (Å²) in [7, 11) is 0. The SMILES string of the molecule is CCCCCN1CCN(C(CC)C(N)=S)CC1. The van der Waals surface area contributed by atoms with E-state index < -0.39 is 0 Å². The van der Waals surface area contributed by atoms with Gasteiger partial charge in [-0.1, -0.05) is 38.9 Å². The number of thiocarbonyl (C=S) groups is 1. The van der Waals surface area contributed by atoms with Crippen molar-refractivity contribution in [2.24, 2.45) is 5.73 Å². The van der Waals surface area contributed by atoms with E-state index in [1.54, 1.807) is 0 Å². The molecule has 2 N–H and O–H groups in total. The number of nitrogens with two attached hydrogens (primary N) is 1. The zero-order valence-corrected chi connectivity index (χ0v) is 12.1. The van der Waals surface area contributed by atoms with Crippen LogP contribution in [0, 0.1) is 0 Å². The van der Waals surface area contributed by atoms with Crippen LogP contribution in [0.15, 0.2) is 0 Å². The molecule has 1 atom stereocenters. The molecule has 0 amide bonds. The van der Waals surface area contributed by atoms with Crippen molar-refractivity contribution in [3.63, 3.8) is 0 Å². The number of rotatable bonds is 7. The van der Waals surface area contributed by atoms with E-state index in [0.29, 0.717) is 11.0 Å². The van der Waals surface area contributed by atoms with Crippen LogP contribution in [0.5, 0.6) is 0 Å². The van der Waals surface area contributed by atoms with Crippen LogP contribution in [0.4, 0.5) is 0 Å². The average molecular weight is 257 g/mol. The van der Waals surface area contributed by atoms with Gasteiger partial charge in [-0.05, 0) is 19.4 Å². The van der Waals surface area contributed by atoms with Crippen LogP contribution < -0.4 is 5.73 Å². The van der Waals surface area contributed by atoms with Crippen molar-refractivity contribution in [1.82, 2.24) is 9.80 Å². The normalized spacial score (nSPS) is 20.4. The van der Waals surface area contributed by atoms with Crippen molar-refractivity contribution < 1.29 is 0 Å². The molecule has 1 fully saturated rings. The van der Waals surface area contributed by atoms with Crippen molar-refractivity contribution in [2.75, 3.05) is 32.7 Å². The predicted octanol–water partition coefficient (Wildman–Crippen LogP) is 1.86. The summed E-state index contributed by atoms with van der Waals surface area (Å²) in [4.78, 5) is 5.67. The Morgan fingerprint density at radius 2 is 1.82 bits per heavy atom. The van der Waals surface area contributed by atoms with Gasteiger partial charge >= 0.3 is 0 Å². The highest BCUT2D eigenvalue weighted by Crippen LogP contribution is 2.10. The molecule has 100 valence electrons. The minimum atomic E-state index is 0.308. The molecule has 0 aliphatic carbocycles. The van der Waals surface area contributed by atoms with Gasteiger partial charge in [0.05, 0.1) is 11.0 Å². The summed E-state index contributed by atoms with van der Waals surface area (Å²) >= 11 is 5.13. The zero-order chi connectivity index (χ0) is 12.7. The smallest absolute Gasteiger partial charge is 0.0901 e. The third kappa shape index (κ3) is 4.90. The Morgan fingerprint density at radius 1 is 1.18 bits per heavy atom. The lowest BCUT2D eigenvalue weighted by Gasteiger charge is -2.38. The molecule has 4 heteroatoms.